The molecule has 0 amide bonds. The topological polar surface area (TPSA) is 20.2 Å². The molecule has 0 radical (unpaired) electrons. The molecule has 0 bridgehead atoms. The lowest BCUT2D eigenvalue weighted by atomic mass is 9.43. The molecule has 1 N–H and O–H groups in total. The zero-order valence-electron chi connectivity index (χ0n) is 13.5. The minimum atomic E-state index is -0.329. The summed E-state index contributed by atoms with van der Waals surface area (Å²) in [6.45, 7) is 4.99. The van der Waals surface area contributed by atoms with Crippen LogP contribution < -0.4 is 0 Å². The Labute approximate surface area is 124 Å². The van der Waals surface area contributed by atoms with Gasteiger partial charge in [-0.2, -0.15) is 0 Å². The van der Waals surface area contributed by atoms with Gasteiger partial charge in [0.05, 0.1) is 5.60 Å². The fourth-order valence-electron chi connectivity index (χ4n) is 7.22. The van der Waals surface area contributed by atoms with Crippen molar-refractivity contribution in [1.29, 1.82) is 0 Å². The molecular formula is C19H32O. The van der Waals surface area contributed by atoms with Gasteiger partial charge < -0.3 is 5.11 Å². The molecule has 20 heavy (non-hydrogen) atoms. The molecule has 0 spiro atoms. The zero-order valence-corrected chi connectivity index (χ0v) is 13.5. The quantitative estimate of drug-likeness (QED) is 0.665. The van der Waals surface area contributed by atoms with Crippen molar-refractivity contribution in [3.05, 3.63) is 0 Å². The van der Waals surface area contributed by atoms with Crippen molar-refractivity contribution in [1.82, 2.24) is 0 Å². The maximum absolute atomic E-state index is 11.8. The lowest BCUT2D eigenvalue weighted by Crippen LogP contribution is -2.64. The van der Waals surface area contributed by atoms with Gasteiger partial charge in [0.15, 0.2) is 0 Å². The van der Waals surface area contributed by atoms with E-state index in [4.69, 9.17) is 0 Å². The fraction of sp³-hybridized carbons (Fsp3) is 1.00. The first-order valence-electron chi connectivity index (χ1n) is 9.22. The normalized spacial score (nSPS) is 58.6. The Kier molecular flexibility index (Phi) is 2.89. The summed E-state index contributed by atoms with van der Waals surface area (Å²) in [4.78, 5) is 0. The van der Waals surface area contributed by atoms with E-state index >= 15 is 0 Å². The highest BCUT2D eigenvalue weighted by molar-refractivity contribution is 5.14. The van der Waals surface area contributed by atoms with E-state index < -0.39 is 0 Å². The van der Waals surface area contributed by atoms with E-state index in [9.17, 15) is 5.11 Å². The molecule has 6 atom stereocenters. The smallest absolute Gasteiger partial charge is 0.0734 e. The fourth-order valence-corrected chi connectivity index (χ4v) is 7.22. The Hall–Kier alpha value is -0.0400. The third kappa shape index (κ3) is 1.54. The molecule has 1 heteroatoms. The predicted octanol–water partition coefficient (Wildman–Crippen LogP) is 4.92. The molecule has 4 aliphatic carbocycles. The molecular weight excluding hydrogens is 244 g/mol. The second-order valence-corrected chi connectivity index (χ2v) is 9.12. The van der Waals surface area contributed by atoms with E-state index in [1.54, 1.807) is 0 Å². The van der Waals surface area contributed by atoms with E-state index in [0.29, 0.717) is 11.3 Å². The molecule has 0 aliphatic heterocycles. The van der Waals surface area contributed by atoms with Crippen LogP contribution in [0.5, 0.6) is 0 Å². The molecule has 4 saturated carbocycles. The largest absolute Gasteiger partial charge is 0.389 e. The van der Waals surface area contributed by atoms with Crippen molar-refractivity contribution in [3.8, 4) is 0 Å². The van der Waals surface area contributed by atoms with Gasteiger partial charge in [0.1, 0.15) is 0 Å². The third-order valence-corrected chi connectivity index (χ3v) is 8.55. The third-order valence-electron chi connectivity index (χ3n) is 8.55. The summed E-state index contributed by atoms with van der Waals surface area (Å²) in [7, 11) is 0. The van der Waals surface area contributed by atoms with Crippen LogP contribution in [0.3, 0.4) is 0 Å². The molecule has 0 saturated heterocycles. The van der Waals surface area contributed by atoms with Crippen molar-refractivity contribution >= 4 is 0 Å². The second-order valence-electron chi connectivity index (χ2n) is 9.12. The average molecular weight is 276 g/mol. The Balaban J connectivity index is 1.72. The molecule has 1 unspecified atom stereocenters. The Morgan fingerprint density at radius 3 is 2.45 bits per heavy atom. The number of hydrogen-bond donors (Lipinski definition) is 1. The lowest BCUT2D eigenvalue weighted by molar-refractivity contribution is -0.231. The summed E-state index contributed by atoms with van der Waals surface area (Å²) < 4.78 is 0. The second kappa shape index (κ2) is 4.24. The number of fused-ring (bicyclic) bond motifs is 5. The van der Waals surface area contributed by atoms with E-state index in [0.717, 1.165) is 18.3 Å². The summed E-state index contributed by atoms with van der Waals surface area (Å²) in [6.07, 6.45) is 14.7. The van der Waals surface area contributed by atoms with Crippen molar-refractivity contribution in [2.75, 3.05) is 0 Å². The van der Waals surface area contributed by atoms with Crippen LogP contribution in [0.2, 0.25) is 0 Å². The van der Waals surface area contributed by atoms with Crippen LogP contribution in [0, 0.1) is 28.6 Å². The molecule has 0 aromatic rings. The first-order chi connectivity index (χ1) is 9.50. The lowest BCUT2D eigenvalue weighted by Gasteiger charge is -2.64. The van der Waals surface area contributed by atoms with Crippen LogP contribution in [0.4, 0.5) is 0 Å². The minimum Gasteiger partial charge on any atom is -0.389 e. The SMILES string of the molecule is C[C@@]12CCC[C@H]1[C@@H]1CCC3CCCC[C@]3(C)[C@]1(O)CC2. The highest BCUT2D eigenvalue weighted by Crippen LogP contribution is 2.67. The molecule has 114 valence electrons. The van der Waals surface area contributed by atoms with Crippen LogP contribution in [0.1, 0.15) is 84.5 Å². The molecule has 4 rings (SSSR count). The molecule has 4 aliphatic rings. The molecule has 0 heterocycles. The highest BCUT2D eigenvalue weighted by atomic mass is 16.3. The van der Waals surface area contributed by atoms with Crippen LogP contribution in [-0.2, 0) is 0 Å². The van der Waals surface area contributed by atoms with Gasteiger partial charge in [-0.1, -0.05) is 33.1 Å². The van der Waals surface area contributed by atoms with Gasteiger partial charge in [-0.05, 0) is 80.0 Å². The summed E-state index contributed by atoms with van der Waals surface area (Å²) >= 11 is 0. The van der Waals surface area contributed by atoms with Crippen LogP contribution in [0.15, 0.2) is 0 Å². The number of rotatable bonds is 0. The maximum Gasteiger partial charge on any atom is 0.0734 e. The summed E-state index contributed by atoms with van der Waals surface area (Å²) in [5.74, 6) is 2.24. The first kappa shape index (κ1) is 13.6. The van der Waals surface area contributed by atoms with Gasteiger partial charge in [0.25, 0.3) is 0 Å². The van der Waals surface area contributed by atoms with Gasteiger partial charge in [0.2, 0.25) is 0 Å². The molecule has 0 aromatic heterocycles. The van der Waals surface area contributed by atoms with Gasteiger partial charge in [-0.25, -0.2) is 0 Å². The van der Waals surface area contributed by atoms with Crippen LogP contribution >= 0.6 is 0 Å². The van der Waals surface area contributed by atoms with E-state index in [1.165, 1.54) is 64.2 Å². The number of hydrogen-bond acceptors (Lipinski definition) is 1. The van der Waals surface area contributed by atoms with Gasteiger partial charge in [0, 0.05) is 0 Å². The minimum absolute atomic E-state index is 0.234. The van der Waals surface area contributed by atoms with Crippen molar-refractivity contribution < 1.29 is 5.11 Å². The van der Waals surface area contributed by atoms with Gasteiger partial charge in [-0.15, -0.1) is 0 Å². The standard InChI is InChI=1S/C19H32O/c1-17-10-5-7-15(17)16-9-8-14-6-3-4-11-18(14,2)19(16,20)13-12-17/h14-16,20H,3-13H2,1-2H3/t14?,15-,16-,17-,18-,19-/m0/s1. The van der Waals surface area contributed by atoms with Crippen molar-refractivity contribution in [2.45, 2.75) is 90.1 Å². The highest BCUT2D eigenvalue weighted by Gasteiger charge is 2.64. The first-order valence-corrected chi connectivity index (χ1v) is 9.22. The van der Waals surface area contributed by atoms with Gasteiger partial charge >= 0.3 is 0 Å². The summed E-state index contributed by atoms with van der Waals surface area (Å²) in [5, 5.41) is 11.8. The van der Waals surface area contributed by atoms with Crippen LogP contribution in [-0.4, -0.2) is 10.7 Å². The summed E-state index contributed by atoms with van der Waals surface area (Å²) in [6, 6.07) is 0. The Morgan fingerprint density at radius 1 is 0.750 bits per heavy atom. The average Bonchev–Trinajstić information content (AvgIpc) is 2.81. The molecule has 0 aromatic carbocycles. The maximum atomic E-state index is 11.8. The molecule has 1 nitrogen and oxygen atoms in total. The predicted molar refractivity (Wildman–Crippen MR) is 82.4 cm³/mol. The van der Waals surface area contributed by atoms with Crippen molar-refractivity contribution in [3.63, 3.8) is 0 Å². The van der Waals surface area contributed by atoms with E-state index in [-0.39, 0.29) is 11.0 Å². The monoisotopic (exact) mass is 276 g/mol. The summed E-state index contributed by atoms with van der Waals surface area (Å²) in [5.41, 5.74) is 0.470. The number of aliphatic hydroxyl groups is 1. The Morgan fingerprint density at radius 2 is 1.60 bits per heavy atom. The van der Waals surface area contributed by atoms with Crippen LogP contribution in [0.25, 0.3) is 0 Å². The van der Waals surface area contributed by atoms with E-state index in [2.05, 4.69) is 13.8 Å². The van der Waals surface area contributed by atoms with E-state index in [1.807, 2.05) is 0 Å². The Bertz CT molecular complexity index is 405. The van der Waals surface area contributed by atoms with Crippen molar-refractivity contribution in [2.24, 2.45) is 28.6 Å². The van der Waals surface area contributed by atoms with Gasteiger partial charge in [-0.3, -0.25) is 0 Å². The zero-order chi connectivity index (χ0) is 14.0. The molecule has 4 fully saturated rings.